The molecule has 1 unspecified atom stereocenters. The Morgan fingerprint density at radius 2 is 0.894 bits per heavy atom. The number of ether oxygens (including phenoxy) is 15. The summed E-state index contributed by atoms with van der Waals surface area (Å²) >= 11 is 0. The van der Waals surface area contributed by atoms with Gasteiger partial charge < -0.3 is 76.2 Å². The second-order valence-corrected chi connectivity index (χ2v) is 19.7. The molecule has 5 aromatic carbocycles. The molecule has 0 amide bonds. The summed E-state index contributed by atoms with van der Waals surface area (Å²) in [6.07, 6.45) is -25.2. The summed E-state index contributed by atoms with van der Waals surface area (Å²) in [5.74, 6) is -6.73. The minimum atomic E-state index is -2.12. The molecule has 9 rings (SSSR count). The summed E-state index contributed by atoms with van der Waals surface area (Å²) in [5.41, 5.74) is 0.701. The summed E-state index contributed by atoms with van der Waals surface area (Å²) in [6, 6.07) is 39.6. The third-order valence-electron chi connectivity index (χ3n) is 13.7. The number of carbonyl (C=O) groups excluding carboxylic acids is 7. The molecular formula is C62H62O23. The topological polar surface area (TPSA) is 278 Å². The van der Waals surface area contributed by atoms with Gasteiger partial charge in [-0.05, 0) is 48.5 Å². The minimum absolute atomic E-state index is 0.0142. The summed E-state index contributed by atoms with van der Waals surface area (Å²) in [5, 5.41) is 12.4. The van der Waals surface area contributed by atoms with E-state index in [9.17, 15) is 38.7 Å². The van der Waals surface area contributed by atoms with Gasteiger partial charge >= 0.3 is 41.8 Å². The molecule has 5 aromatic rings. The van der Waals surface area contributed by atoms with E-state index in [0.717, 1.165) is 20.8 Å². The highest BCUT2D eigenvalue weighted by molar-refractivity contribution is 5.91. The SMILES string of the molecule is C=CCO[C@@H]1O[C@@H]2COC(c3ccccc3)O[C@H]2[C@H](O)[C@H]1O[C@@H]1O[C@H](COC(C)=O)[C@@H](OC(C)=O)[C@H](O[C@@H]2O[C@H](COC(=O)c3ccccc3)[C@@H](OC(=O)c3ccccc3)[C@H](OC(=O)c3ccccc3)[C@H]2OC(=O)c2ccccc2)[C@H]1OC(C)=O. The number of aliphatic hydroxyl groups is 1. The van der Waals surface area contributed by atoms with Crippen molar-refractivity contribution in [1.29, 1.82) is 0 Å². The van der Waals surface area contributed by atoms with Gasteiger partial charge in [0.25, 0.3) is 0 Å². The van der Waals surface area contributed by atoms with Crippen LogP contribution in [-0.4, -0.2) is 165 Å². The lowest BCUT2D eigenvalue weighted by Gasteiger charge is -2.51. The van der Waals surface area contributed by atoms with Crippen LogP contribution >= 0.6 is 0 Å². The van der Waals surface area contributed by atoms with Crippen LogP contribution in [0.3, 0.4) is 0 Å². The molecule has 0 spiro atoms. The van der Waals surface area contributed by atoms with E-state index in [1.165, 1.54) is 54.6 Å². The van der Waals surface area contributed by atoms with Crippen LogP contribution in [0.1, 0.15) is 74.1 Å². The van der Waals surface area contributed by atoms with Crippen molar-refractivity contribution in [3.05, 3.63) is 192 Å². The Bertz CT molecular complexity index is 3060. The van der Waals surface area contributed by atoms with Crippen molar-refractivity contribution in [3.63, 3.8) is 0 Å². The van der Waals surface area contributed by atoms with Crippen molar-refractivity contribution in [2.45, 2.75) is 119 Å². The van der Waals surface area contributed by atoms with Crippen LogP contribution < -0.4 is 0 Å². The van der Waals surface area contributed by atoms with E-state index in [1.54, 1.807) is 103 Å². The van der Waals surface area contributed by atoms with Gasteiger partial charge in [-0.15, -0.1) is 6.58 Å². The molecule has 1 N–H and O–H groups in total. The zero-order valence-electron chi connectivity index (χ0n) is 46.2. The van der Waals surface area contributed by atoms with Crippen LogP contribution in [0.4, 0.5) is 0 Å². The van der Waals surface area contributed by atoms with Crippen LogP contribution in [0, 0.1) is 0 Å². The number of fused-ring (bicyclic) bond motifs is 1. The van der Waals surface area contributed by atoms with Crippen molar-refractivity contribution in [1.82, 2.24) is 0 Å². The molecule has 4 aliphatic rings. The van der Waals surface area contributed by atoms with Crippen LogP contribution in [0.15, 0.2) is 164 Å². The predicted octanol–water partition coefficient (Wildman–Crippen LogP) is 5.57. The molecule has 23 nitrogen and oxygen atoms in total. The van der Waals surface area contributed by atoms with Gasteiger partial charge in [0.2, 0.25) is 0 Å². The van der Waals surface area contributed by atoms with E-state index in [-0.39, 0.29) is 35.5 Å². The second kappa shape index (κ2) is 29.0. The first kappa shape index (κ1) is 61.3. The maximum atomic E-state index is 14.5. The Morgan fingerprint density at radius 1 is 0.471 bits per heavy atom. The fraction of sp³-hybridized carbons (Fsp3) is 0.371. The van der Waals surface area contributed by atoms with Gasteiger partial charge in [0.15, 0.2) is 55.7 Å². The zero-order chi connectivity index (χ0) is 60.0. The second-order valence-electron chi connectivity index (χ2n) is 19.7. The number of benzene rings is 5. The van der Waals surface area contributed by atoms with Crippen molar-refractivity contribution in [2.24, 2.45) is 0 Å². The summed E-state index contributed by atoms with van der Waals surface area (Å²) < 4.78 is 93.3. The smallest absolute Gasteiger partial charge is 0.338 e. The van der Waals surface area contributed by atoms with Gasteiger partial charge in [0.05, 0.1) is 35.5 Å². The van der Waals surface area contributed by atoms with Gasteiger partial charge in [-0.3, -0.25) is 14.4 Å². The lowest BCUT2D eigenvalue weighted by molar-refractivity contribution is -0.400. The van der Waals surface area contributed by atoms with Crippen LogP contribution in [-0.2, 0) is 85.4 Å². The maximum absolute atomic E-state index is 14.5. The third-order valence-corrected chi connectivity index (χ3v) is 13.7. The Morgan fingerprint density at radius 3 is 1.39 bits per heavy atom. The molecular weight excluding hydrogens is 1110 g/mol. The van der Waals surface area contributed by atoms with Crippen molar-refractivity contribution < 1.29 is 110 Å². The highest BCUT2D eigenvalue weighted by Gasteiger charge is 2.60. The highest BCUT2D eigenvalue weighted by Crippen LogP contribution is 2.40. The van der Waals surface area contributed by atoms with Gasteiger partial charge in [-0.25, -0.2) is 19.2 Å². The fourth-order valence-electron chi connectivity index (χ4n) is 9.86. The third kappa shape index (κ3) is 15.6. The monoisotopic (exact) mass is 1170 g/mol. The van der Waals surface area contributed by atoms with Crippen molar-refractivity contribution in [3.8, 4) is 0 Å². The van der Waals surface area contributed by atoms with Crippen molar-refractivity contribution >= 4 is 41.8 Å². The van der Waals surface area contributed by atoms with Crippen LogP contribution in [0.25, 0.3) is 0 Å². The maximum Gasteiger partial charge on any atom is 0.338 e. The molecule has 16 atom stereocenters. The van der Waals surface area contributed by atoms with Gasteiger partial charge in [0.1, 0.15) is 55.9 Å². The number of hydrogen-bond donors (Lipinski definition) is 1. The highest BCUT2D eigenvalue weighted by atomic mass is 16.8. The van der Waals surface area contributed by atoms with E-state index in [0.29, 0.717) is 5.56 Å². The van der Waals surface area contributed by atoms with E-state index in [2.05, 4.69) is 6.58 Å². The van der Waals surface area contributed by atoms with E-state index < -0.39 is 153 Å². The molecule has 4 saturated heterocycles. The van der Waals surface area contributed by atoms with Crippen molar-refractivity contribution in [2.75, 3.05) is 26.4 Å². The molecule has 23 heteroatoms. The predicted molar refractivity (Wildman–Crippen MR) is 289 cm³/mol. The van der Waals surface area contributed by atoms with Gasteiger partial charge in [-0.1, -0.05) is 109 Å². The Hall–Kier alpha value is -8.23. The summed E-state index contributed by atoms with van der Waals surface area (Å²) in [7, 11) is 0. The zero-order valence-corrected chi connectivity index (χ0v) is 46.2. The summed E-state index contributed by atoms with van der Waals surface area (Å²) in [4.78, 5) is 96.5. The molecule has 4 aliphatic heterocycles. The number of carbonyl (C=O) groups is 7. The summed E-state index contributed by atoms with van der Waals surface area (Å²) in [6.45, 7) is 5.21. The lowest BCUT2D eigenvalue weighted by Crippen LogP contribution is -2.69. The van der Waals surface area contributed by atoms with E-state index >= 15 is 0 Å². The fourth-order valence-corrected chi connectivity index (χ4v) is 9.86. The molecule has 0 aliphatic carbocycles. The molecule has 85 heavy (non-hydrogen) atoms. The molecule has 448 valence electrons. The largest absolute Gasteiger partial charge is 0.463 e. The number of hydrogen-bond acceptors (Lipinski definition) is 23. The number of esters is 7. The molecule has 0 radical (unpaired) electrons. The Labute approximate surface area is 487 Å². The first-order valence-corrected chi connectivity index (χ1v) is 27.1. The van der Waals surface area contributed by atoms with E-state index in [1.807, 2.05) is 0 Å². The Balaban J connectivity index is 1.16. The first-order chi connectivity index (χ1) is 41.1. The average Bonchev–Trinajstić information content (AvgIpc) is 3.38. The molecule has 0 bridgehead atoms. The number of rotatable bonds is 21. The van der Waals surface area contributed by atoms with Gasteiger partial charge in [-0.2, -0.15) is 0 Å². The standard InChI is InChI=1S/C62H62O23/c1-5-31-71-60-50(46(66)47-43(77-60)34-74-59(83-47)42-29-19-10-20-30-42)84-61-53(76-37(4)65)52(48(75-36(3)64)44(78-61)32-72-35(2)63)85-62-54(82-58(70)41-27-17-9-18-28-41)51(81-57(69)40-25-15-8-16-26-40)49(80-56(68)39-23-13-7-14-24-39)45(79-62)33-73-55(67)38-21-11-6-12-22-38/h5-30,43-54,59-62,66H,1,31-34H2,2-4H3/t43-,44-,45-,46+,47-,48-,49-,50-,51+,52+,53-,54-,59?,60-,61+,62+/m1/s1. The quantitative estimate of drug-likeness (QED) is 0.0534. The molecule has 4 heterocycles. The van der Waals surface area contributed by atoms with Crippen LogP contribution in [0.5, 0.6) is 0 Å². The molecule has 0 saturated carbocycles. The van der Waals surface area contributed by atoms with Crippen LogP contribution in [0.2, 0.25) is 0 Å². The lowest BCUT2D eigenvalue weighted by atomic mass is 9.95. The normalized spacial score (nSPS) is 28.8. The average molecular weight is 1180 g/mol. The molecule has 4 fully saturated rings. The van der Waals surface area contributed by atoms with E-state index in [4.69, 9.17) is 71.1 Å². The minimum Gasteiger partial charge on any atom is -0.463 e. The number of aliphatic hydroxyl groups excluding tert-OH is 1. The van der Waals surface area contributed by atoms with Gasteiger partial charge in [0, 0.05) is 26.3 Å². The first-order valence-electron chi connectivity index (χ1n) is 27.1. The Kier molecular flexibility index (Phi) is 21.0. The molecule has 0 aromatic heterocycles.